The number of likely N-dealkylation sites (N-methyl/N-ethyl adjacent to an activating group) is 1. The minimum atomic E-state index is -0.199. The van der Waals surface area contributed by atoms with Crippen LogP contribution in [-0.4, -0.2) is 64.5 Å². The van der Waals surface area contributed by atoms with Gasteiger partial charge in [-0.3, -0.25) is 19.4 Å². The zero-order valence-electron chi connectivity index (χ0n) is 16.6. The van der Waals surface area contributed by atoms with Crippen LogP contribution in [0.4, 0.5) is 0 Å². The molecule has 3 heterocycles. The molecule has 3 aliphatic rings. The van der Waals surface area contributed by atoms with Crippen molar-refractivity contribution in [2.45, 2.75) is 44.2 Å². The number of rotatable bonds is 3. The van der Waals surface area contributed by atoms with E-state index in [1.165, 1.54) is 11.3 Å². The van der Waals surface area contributed by atoms with Gasteiger partial charge in [-0.25, -0.2) is 0 Å². The van der Waals surface area contributed by atoms with Crippen molar-refractivity contribution in [3.05, 3.63) is 35.2 Å². The summed E-state index contributed by atoms with van der Waals surface area (Å²) in [7, 11) is 2.04. The number of carbonyl (C=O) groups is 2. The van der Waals surface area contributed by atoms with Gasteiger partial charge >= 0.3 is 0 Å². The van der Waals surface area contributed by atoms with Crippen molar-refractivity contribution in [3.8, 4) is 11.5 Å². The molecule has 0 radical (unpaired) electrons. The molecule has 5 rings (SSSR count). The lowest BCUT2D eigenvalue weighted by Gasteiger charge is -2.30. The third kappa shape index (κ3) is 3.16. The largest absolute Gasteiger partial charge is 0.334 e. The molecule has 2 fully saturated rings. The molecule has 1 saturated heterocycles. The fourth-order valence-electron chi connectivity index (χ4n) is 4.65. The van der Waals surface area contributed by atoms with Gasteiger partial charge in [0, 0.05) is 31.2 Å². The minimum absolute atomic E-state index is 0.0175. The van der Waals surface area contributed by atoms with Crippen molar-refractivity contribution in [1.29, 1.82) is 0 Å². The first kappa shape index (κ1) is 18.4. The van der Waals surface area contributed by atoms with Crippen molar-refractivity contribution in [2.24, 2.45) is 0 Å². The van der Waals surface area contributed by atoms with E-state index >= 15 is 0 Å². The number of benzene rings is 1. The highest BCUT2D eigenvalue weighted by Gasteiger charge is 2.40. The van der Waals surface area contributed by atoms with Crippen molar-refractivity contribution in [2.75, 3.05) is 26.7 Å². The first-order valence-corrected chi connectivity index (χ1v) is 10.4. The van der Waals surface area contributed by atoms with E-state index in [9.17, 15) is 9.59 Å². The van der Waals surface area contributed by atoms with Gasteiger partial charge in [0.05, 0.1) is 17.2 Å². The van der Waals surface area contributed by atoms with E-state index in [0.717, 1.165) is 45.3 Å². The summed E-state index contributed by atoms with van der Waals surface area (Å²) in [6.07, 6.45) is 5.11. The lowest BCUT2D eigenvalue weighted by molar-refractivity contribution is 0.0549. The third-order valence-corrected chi connectivity index (χ3v) is 6.36. The summed E-state index contributed by atoms with van der Waals surface area (Å²) in [6, 6.07) is 5.29. The molecule has 1 saturated carbocycles. The van der Waals surface area contributed by atoms with Crippen LogP contribution in [0.3, 0.4) is 0 Å². The lowest BCUT2D eigenvalue weighted by atomic mass is 9.94. The minimum Gasteiger partial charge on any atom is -0.334 e. The van der Waals surface area contributed by atoms with Crippen LogP contribution in [0.2, 0.25) is 0 Å². The van der Waals surface area contributed by atoms with Gasteiger partial charge in [0.2, 0.25) is 0 Å². The highest BCUT2D eigenvalue weighted by molar-refractivity contribution is 6.22. The Balaban J connectivity index is 1.42. The predicted molar refractivity (Wildman–Crippen MR) is 105 cm³/mol. The van der Waals surface area contributed by atoms with Crippen LogP contribution in [0.1, 0.15) is 64.7 Å². The van der Waals surface area contributed by atoms with Crippen LogP contribution in [0.25, 0.3) is 11.5 Å². The van der Waals surface area contributed by atoms with E-state index in [-0.39, 0.29) is 23.9 Å². The van der Waals surface area contributed by atoms with E-state index in [1.807, 2.05) is 7.05 Å². The second-order valence-corrected chi connectivity index (χ2v) is 8.19. The number of hydrogen-bond donors (Lipinski definition) is 1. The van der Waals surface area contributed by atoms with Gasteiger partial charge < -0.3 is 9.84 Å². The normalized spacial score (nSPS) is 23.6. The fourth-order valence-corrected chi connectivity index (χ4v) is 4.65. The summed E-state index contributed by atoms with van der Waals surface area (Å²) in [5, 5.41) is 7.49. The topological polar surface area (TPSA) is 91.6 Å². The number of piperazine rings is 1. The van der Waals surface area contributed by atoms with Crippen LogP contribution < -0.4 is 5.32 Å². The SMILES string of the molecule is CN1CCNCC1c1noc(-c2ccc3c(c2)C(=O)N(C2CCCCC2)C3=O)n1. The van der Waals surface area contributed by atoms with Crippen molar-refractivity contribution >= 4 is 11.8 Å². The second-order valence-electron chi connectivity index (χ2n) is 8.19. The Labute approximate surface area is 169 Å². The third-order valence-electron chi connectivity index (χ3n) is 6.36. The quantitative estimate of drug-likeness (QED) is 0.797. The number of aromatic nitrogens is 2. The Morgan fingerprint density at radius 2 is 1.90 bits per heavy atom. The summed E-state index contributed by atoms with van der Waals surface area (Å²) in [4.78, 5) is 34.1. The maximum atomic E-state index is 13.0. The molecule has 29 heavy (non-hydrogen) atoms. The van der Waals surface area contributed by atoms with Crippen LogP contribution in [0, 0.1) is 0 Å². The predicted octanol–water partition coefficient (Wildman–Crippen LogP) is 2.24. The van der Waals surface area contributed by atoms with Gasteiger partial charge in [-0.05, 0) is 38.1 Å². The molecule has 1 aromatic heterocycles. The number of nitrogens with zero attached hydrogens (tertiary/aromatic N) is 4. The molecule has 1 aliphatic carbocycles. The maximum absolute atomic E-state index is 13.0. The van der Waals surface area contributed by atoms with Gasteiger partial charge in [-0.15, -0.1) is 0 Å². The van der Waals surface area contributed by atoms with E-state index in [0.29, 0.717) is 28.4 Å². The van der Waals surface area contributed by atoms with Gasteiger partial charge in [0.1, 0.15) is 0 Å². The number of nitrogens with one attached hydrogen (secondary N) is 1. The number of imide groups is 1. The van der Waals surface area contributed by atoms with Crippen molar-refractivity contribution in [3.63, 3.8) is 0 Å². The molecule has 2 aromatic rings. The molecular weight excluding hydrogens is 370 g/mol. The van der Waals surface area contributed by atoms with Crippen LogP contribution in [-0.2, 0) is 0 Å². The molecule has 1 unspecified atom stereocenters. The van der Waals surface area contributed by atoms with E-state index in [1.54, 1.807) is 18.2 Å². The molecule has 0 spiro atoms. The van der Waals surface area contributed by atoms with Crippen LogP contribution in [0.5, 0.6) is 0 Å². The molecule has 0 bridgehead atoms. The van der Waals surface area contributed by atoms with Crippen LogP contribution in [0.15, 0.2) is 22.7 Å². The zero-order chi connectivity index (χ0) is 20.0. The Bertz CT molecular complexity index is 950. The maximum Gasteiger partial charge on any atom is 0.261 e. The van der Waals surface area contributed by atoms with Crippen LogP contribution >= 0.6 is 0 Å². The highest BCUT2D eigenvalue weighted by atomic mass is 16.5. The Hall–Kier alpha value is -2.58. The number of carbonyl (C=O) groups excluding carboxylic acids is 2. The highest BCUT2D eigenvalue weighted by Crippen LogP contribution is 2.33. The van der Waals surface area contributed by atoms with Gasteiger partial charge in [0.15, 0.2) is 5.82 Å². The average Bonchev–Trinajstić information content (AvgIpc) is 3.33. The monoisotopic (exact) mass is 395 g/mol. The van der Waals surface area contributed by atoms with Crippen molar-refractivity contribution in [1.82, 2.24) is 25.3 Å². The molecule has 2 amide bonds. The number of hydrogen-bond acceptors (Lipinski definition) is 7. The van der Waals surface area contributed by atoms with Gasteiger partial charge in [-0.1, -0.05) is 24.4 Å². The summed E-state index contributed by atoms with van der Waals surface area (Å²) in [5.74, 6) is 0.624. The molecule has 1 N–H and O–H groups in total. The molecule has 1 atom stereocenters. The van der Waals surface area contributed by atoms with E-state index in [2.05, 4.69) is 20.4 Å². The van der Waals surface area contributed by atoms with E-state index < -0.39 is 0 Å². The molecular formula is C21H25N5O3. The molecule has 1 aromatic carbocycles. The van der Waals surface area contributed by atoms with Gasteiger partial charge in [0.25, 0.3) is 17.7 Å². The van der Waals surface area contributed by atoms with Crippen molar-refractivity contribution < 1.29 is 14.1 Å². The lowest BCUT2D eigenvalue weighted by Crippen LogP contribution is -2.44. The van der Waals surface area contributed by atoms with E-state index in [4.69, 9.17) is 4.52 Å². The Morgan fingerprint density at radius 1 is 1.10 bits per heavy atom. The Kier molecular flexibility index (Phi) is 4.67. The molecule has 8 nitrogen and oxygen atoms in total. The fraction of sp³-hybridized carbons (Fsp3) is 0.524. The summed E-state index contributed by atoms with van der Waals surface area (Å²) in [5.41, 5.74) is 1.58. The summed E-state index contributed by atoms with van der Waals surface area (Å²) >= 11 is 0. The first-order valence-electron chi connectivity index (χ1n) is 10.4. The molecule has 2 aliphatic heterocycles. The molecule has 152 valence electrons. The summed E-state index contributed by atoms with van der Waals surface area (Å²) in [6.45, 7) is 2.63. The Morgan fingerprint density at radius 3 is 2.69 bits per heavy atom. The number of fused-ring (bicyclic) bond motifs is 1. The smallest absolute Gasteiger partial charge is 0.261 e. The molecule has 8 heteroatoms. The van der Waals surface area contributed by atoms with Gasteiger partial charge in [-0.2, -0.15) is 4.98 Å². The standard InChI is InChI=1S/C21H25N5O3/c1-25-10-9-22-12-17(25)18-23-19(29-24-18)13-7-8-15-16(11-13)21(28)26(20(15)27)14-5-3-2-4-6-14/h7-8,11,14,17,22H,2-6,9-10,12H2,1H3. The summed E-state index contributed by atoms with van der Waals surface area (Å²) < 4.78 is 5.49. The zero-order valence-corrected chi connectivity index (χ0v) is 16.6. The average molecular weight is 395 g/mol. The number of amides is 2. The second kappa shape index (κ2) is 7.35. The first-order chi connectivity index (χ1) is 14.1.